The van der Waals surface area contributed by atoms with Gasteiger partial charge in [-0.25, -0.2) is 14.1 Å². The number of nitrogen functional groups attached to an aromatic ring is 1. The van der Waals surface area contributed by atoms with Gasteiger partial charge in [0.05, 0.1) is 16.8 Å². The molecule has 0 radical (unpaired) electrons. The van der Waals surface area contributed by atoms with Crippen molar-refractivity contribution in [1.29, 1.82) is 0 Å². The average molecular weight is 405 g/mol. The Morgan fingerprint density at radius 2 is 1.90 bits per heavy atom. The van der Waals surface area contributed by atoms with Crippen molar-refractivity contribution in [2.24, 2.45) is 0 Å². The van der Waals surface area contributed by atoms with Gasteiger partial charge in [-0.1, -0.05) is 29.8 Å². The van der Waals surface area contributed by atoms with E-state index in [2.05, 4.69) is 20.3 Å². The molecule has 0 fully saturated rings. The van der Waals surface area contributed by atoms with Gasteiger partial charge >= 0.3 is 0 Å². The van der Waals surface area contributed by atoms with Crippen LogP contribution in [0.15, 0.2) is 48.5 Å². The first-order valence-corrected chi connectivity index (χ1v) is 9.70. The van der Waals surface area contributed by atoms with Crippen LogP contribution in [0.2, 0.25) is 0 Å². The summed E-state index contributed by atoms with van der Waals surface area (Å²) < 4.78 is 15.3. The summed E-state index contributed by atoms with van der Waals surface area (Å²) in [7, 11) is 4.01. The number of halogens is 1. The molecular weight excluding hydrogens is 381 g/mol. The first-order valence-electron chi connectivity index (χ1n) is 9.70. The minimum absolute atomic E-state index is 0.359. The first-order chi connectivity index (χ1) is 14.4. The number of nitrogens with two attached hydrogens (primary N) is 1. The van der Waals surface area contributed by atoms with E-state index < -0.39 is 0 Å². The van der Waals surface area contributed by atoms with Crippen molar-refractivity contribution in [2.75, 3.05) is 38.2 Å². The maximum atomic E-state index is 13.8. The van der Waals surface area contributed by atoms with Gasteiger partial charge in [-0.3, -0.25) is 0 Å². The van der Waals surface area contributed by atoms with Crippen molar-refractivity contribution in [3.63, 3.8) is 0 Å². The van der Waals surface area contributed by atoms with Gasteiger partial charge in [-0.05, 0) is 45.3 Å². The molecule has 2 aromatic carbocycles. The van der Waals surface area contributed by atoms with E-state index in [4.69, 9.17) is 10.7 Å². The molecule has 7 nitrogen and oxygen atoms in total. The molecule has 0 unspecified atom stereocenters. The molecule has 0 aliphatic heterocycles. The third-order valence-corrected chi connectivity index (χ3v) is 4.76. The lowest BCUT2D eigenvalue weighted by molar-refractivity contribution is 0.425. The second kappa shape index (κ2) is 8.08. The van der Waals surface area contributed by atoms with Gasteiger partial charge in [-0.15, -0.1) is 5.10 Å². The minimum atomic E-state index is -0.359. The lowest BCUT2D eigenvalue weighted by atomic mass is 10.1. The van der Waals surface area contributed by atoms with Crippen LogP contribution < -0.4 is 11.1 Å². The molecule has 8 heteroatoms. The number of nitrogens with zero attached hydrogens (tertiary/aromatic N) is 5. The molecule has 4 aromatic rings. The van der Waals surface area contributed by atoms with Gasteiger partial charge < -0.3 is 16.0 Å². The molecule has 0 saturated heterocycles. The zero-order valence-corrected chi connectivity index (χ0v) is 17.2. The van der Waals surface area contributed by atoms with Crippen LogP contribution in [0, 0.1) is 12.7 Å². The highest BCUT2D eigenvalue weighted by molar-refractivity contribution is 5.99. The van der Waals surface area contributed by atoms with Crippen molar-refractivity contribution in [2.45, 2.75) is 6.92 Å². The number of rotatable bonds is 6. The molecule has 2 heterocycles. The highest BCUT2D eigenvalue weighted by Gasteiger charge is 2.19. The number of benzene rings is 2. The van der Waals surface area contributed by atoms with E-state index in [0.717, 1.165) is 17.7 Å². The summed E-state index contributed by atoms with van der Waals surface area (Å²) in [6.45, 7) is 3.55. The number of anilines is 2. The van der Waals surface area contributed by atoms with Crippen LogP contribution in [0.25, 0.3) is 28.0 Å². The summed E-state index contributed by atoms with van der Waals surface area (Å²) in [4.78, 5) is 11.4. The number of aromatic nitrogens is 4. The molecule has 0 amide bonds. The summed E-state index contributed by atoms with van der Waals surface area (Å²) in [5, 5.41) is 8.46. The molecular formula is C22H24FN7. The summed E-state index contributed by atoms with van der Waals surface area (Å²) in [5.74, 6) is 0.485. The van der Waals surface area contributed by atoms with Gasteiger partial charge in [0.1, 0.15) is 11.6 Å². The Balaban J connectivity index is 1.89. The summed E-state index contributed by atoms with van der Waals surface area (Å²) in [6, 6.07) is 14.2. The number of hydrogen-bond acceptors (Lipinski definition) is 6. The van der Waals surface area contributed by atoms with E-state index in [1.54, 1.807) is 12.1 Å². The maximum Gasteiger partial charge on any atom is 0.225 e. The van der Waals surface area contributed by atoms with Crippen molar-refractivity contribution in [3.8, 4) is 16.9 Å². The van der Waals surface area contributed by atoms with Crippen molar-refractivity contribution in [1.82, 2.24) is 24.6 Å². The maximum absolute atomic E-state index is 13.8. The van der Waals surface area contributed by atoms with E-state index >= 15 is 0 Å². The standard InChI is InChI=1S/C22H24FN7/c1-14-6-4-7-15(12-14)19-18-20(24)30(17-9-5-8-16(23)13-17)28-21(18)27-22(26-19)25-10-11-29(2)3/h4-9,12-13H,10-11,24H2,1-3H3,(H,25,27,28). The molecule has 154 valence electrons. The third-order valence-electron chi connectivity index (χ3n) is 4.76. The van der Waals surface area contributed by atoms with Crippen LogP contribution in [0.3, 0.4) is 0 Å². The van der Waals surface area contributed by atoms with Gasteiger partial charge in [0.2, 0.25) is 5.95 Å². The van der Waals surface area contributed by atoms with Crippen LogP contribution in [0.5, 0.6) is 0 Å². The fraction of sp³-hybridized carbons (Fsp3) is 0.227. The second-order valence-corrected chi connectivity index (χ2v) is 7.47. The Labute approximate surface area is 174 Å². The van der Waals surface area contributed by atoms with Crippen molar-refractivity contribution < 1.29 is 4.39 Å². The number of nitrogens with one attached hydrogen (secondary N) is 1. The minimum Gasteiger partial charge on any atom is -0.383 e. The van der Waals surface area contributed by atoms with E-state index in [9.17, 15) is 4.39 Å². The fourth-order valence-corrected chi connectivity index (χ4v) is 3.29. The van der Waals surface area contributed by atoms with Gasteiger partial charge in [0.25, 0.3) is 0 Å². The Bertz CT molecular complexity index is 1200. The first kappa shape index (κ1) is 19.8. The number of aryl methyl sites for hydroxylation is 1. The Hall–Kier alpha value is -3.52. The van der Waals surface area contributed by atoms with E-state index in [1.807, 2.05) is 45.3 Å². The van der Waals surface area contributed by atoms with Crippen LogP contribution in [0.1, 0.15) is 5.56 Å². The fourth-order valence-electron chi connectivity index (χ4n) is 3.29. The monoisotopic (exact) mass is 405 g/mol. The predicted molar refractivity (Wildman–Crippen MR) is 118 cm³/mol. The van der Waals surface area contributed by atoms with Crippen molar-refractivity contribution >= 4 is 22.8 Å². The lowest BCUT2D eigenvalue weighted by Gasteiger charge is -2.11. The van der Waals surface area contributed by atoms with E-state index in [1.165, 1.54) is 16.8 Å². The second-order valence-electron chi connectivity index (χ2n) is 7.47. The lowest BCUT2D eigenvalue weighted by Crippen LogP contribution is -2.21. The SMILES string of the molecule is Cc1cccc(-c2nc(NCCN(C)C)nc3nn(-c4cccc(F)c4)c(N)c23)c1. The van der Waals surface area contributed by atoms with Gasteiger partial charge in [0, 0.05) is 18.7 Å². The quantitative estimate of drug-likeness (QED) is 0.511. The summed E-state index contributed by atoms with van der Waals surface area (Å²) >= 11 is 0. The highest BCUT2D eigenvalue weighted by atomic mass is 19.1. The van der Waals surface area contributed by atoms with Crippen LogP contribution in [-0.4, -0.2) is 51.8 Å². The molecule has 0 bridgehead atoms. The van der Waals surface area contributed by atoms with Gasteiger partial charge in [-0.2, -0.15) is 4.98 Å². The highest BCUT2D eigenvalue weighted by Crippen LogP contribution is 2.33. The molecule has 0 atom stereocenters. The third kappa shape index (κ3) is 3.95. The molecule has 4 rings (SSSR count). The van der Waals surface area contributed by atoms with Crippen LogP contribution >= 0.6 is 0 Å². The van der Waals surface area contributed by atoms with Crippen molar-refractivity contribution in [3.05, 3.63) is 59.9 Å². The Morgan fingerprint density at radius 3 is 2.63 bits per heavy atom. The Kier molecular flexibility index (Phi) is 5.33. The smallest absolute Gasteiger partial charge is 0.225 e. The number of hydrogen-bond donors (Lipinski definition) is 2. The van der Waals surface area contributed by atoms with Crippen LogP contribution in [-0.2, 0) is 0 Å². The number of fused-ring (bicyclic) bond motifs is 1. The average Bonchev–Trinajstić information content (AvgIpc) is 3.04. The normalized spacial score (nSPS) is 11.4. The zero-order valence-electron chi connectivity index (χ0n) is 17.2. The largest absolute Gasteiger partial charge is 0.383 e. The van der Waals surface area contributed by atoms with E-state index in [-0.39, 0.29) is 5.82 Å². The van der Waals surface area contributed by atoms with Crippen LogP contribution in [0.4, 0.5) is 16.2 Å². The molecule has 0 saturated carbocycles. The molecule has 0 spiro atoms. The summed E-state index contributed by atoms with van der Waals surface area (Å²) in [6.07, 6.45) is 0. The topological polar surface area (TPSA) is 84.9 Å². The summed E-state index contributed by atoms with van der Waals surface area (Å²) in [5.41, 5.74) is 10.2. The van der Waals surface area contributed by atoms with Gasteiger partial charge in [0.15, 0.2) is 5.65 Å². The molecule has 0 aliphatic rings. The Morgan fingerprint density at radius 1 is 1.10 bits per heavy atom. The molecule has 0 aliphatic carbocycles. The molecule has 2 aromatic heterocycles. The van der Waals surface area contributed by atoms with E-state index in [0.29, 0.717) is 40.7 Å². The zero-order chi connectivity index (χ0) is 21.3. The molecule has 30 heavy (non-hydrogen) atoms. The molecule has 3 N–H and O–H groups in total. The number of likely N-dealkylation sites (N-methyl/N-ethyl adjacent to an activating group) is 1. The predicted octanol–water partition coefficient (Wildman–Crippen LogP) is 3.49.